The van der Waals surface area contributed by atoms with Crippen LogP contribution in [0.1, 0.15) is 43.0 Å². The molecule has 102 valence electrons. The number of rotatable bonds is 7. The van der Waals surface area contributed by atoms with E-state index in [0.29, 0.717) is 6.04 Å². The highest BCUT2D eigenvalue weighted by atomic mass is 32.1. The minimum absolute atomic E-state index is 0.426. The van der Waals surface area contributed by atoms with Gasteiger partial charge in [-0.05, 0) is 52.9 Å². The average Bonchev–Trinajstić information content (AvgIpc) is 2.93. The normalized spacial score (nSPS) is 12.5. The second kappa shape index (κ2) is 7.46. The van der Waals surface area contributed by atoms with Crippen molar-refractivity contribution >= 4 is 11.3 Å². The molecule has 0 saturated carbocycles. The Morgan fingerprint density at radius 1 is 1.05 bits per heavy atom. The van der Waals surface area contributed by atoms with Crippen LogP contribution in [0, 0.1) is 0 Å². The van der Waals surface area contributed by atoms with E-state index in [2.05, 4.69) is 60.3 Å². The van der Waals surface area contributed by atoms with Gasteiger partial charge in [-0.1, -0.05) is 44.5 Å². The summed E-state index contributed by atoms with van der Waals surface area (Å²) in [5.74, 6) is 0. The molecule has 2 heteroatoms. The van der Waals surface area contributed by atoms with Crippen LogP contribution in [-0.4, -0.2) is 6.54 Å². The maximum absolute atomic E-state index is 3.59. The molecule has 1 atom stereocenters. The molecule has 0 aliphatic heterocycles. The van der Waals surface area contributed by atoms with Crippen molar-refractivity contribution in [2.45, 2.75) is 39.2 Å². The van der Waals surface area contributed by atoms with Gasteiger partial charge < -0.3 is 5.32 Å². The van der Waals surface area contributed by atoms with E-state index < -0.39 is 0 Å². The number of nitrogens with one attached hydrogen (secondary N) is 1. The van der Waals surface area contributed by atoms with Gasteiger partial charge >= 0.3 is 0 Å². The molecule has 0 fully saturated rings. The standard InChI is InChI=1S/C17H23NS/c1-3-5-14-6-8-16(9-7-14)17(18-4-2)12-15-10-11-19-13-15/h6-11,13,17-18H,3-5,12H2,1-2H3. The number of thiophene rings is 1. The molecule has 1 nitrogen and oxygen atoms in total. The Hall–Kier alpha value is -1.12. The number of benzene rings is 1. The van der Waals surface area contributed by atoms with Gasteiger partial charge in [0.1, 0.15) is 0 Å². The lowest BCUT2D eigenvalue weighted by Gasteiger charge is -2.18. The molecule has 1 N–H and O–H groups in total. The molecule has 0 radical (unpaired) electrons. The minimum atomic E-state index is 0.426. The van der Waals surface area contributed by atoms with Crippen molar-refractivity contribution in [2.24, 2.45) is 0 Å². The average molecular weight is 273 g/mol. The van der Waals surface area contributed by atoms with Gasteiger partial charge in [0.15, 0.2) is 0 Å². The molecule has 1 unspecified atom stereocenters. The van der Waals surface area contributed by atoms with Crippen LogP contribution in [0.4, 0.5) is 0 Å². The third-order valence-corrected chi connectivity index (χ3v) is 4.12. The summed E-state index contributed by atoms with van der Waals surface area (Å²) < 4.78 is 0. The van der Waals surface area contributed by atoms with E-state index >= 15 is 0 Å². The van der Waals surface area contributed by atoms with Gasteiger partial charge in [-0.25, -0.2) is 0 Å². The SMILES string of the molecule is CCCc1ccc(C(Cc2ccsc2)NCC)cc1. The van der Waals surface area contributed by atoms with Crippen molar-refractivity contribution in [3.05, 3.63) is 57.8 Å². The van der Waals surface area contributed by atoms with E-state index in [1.54, 1.807) is 11.3 Å². The number of likely N-dealkylation sites (N-methyl/N-ethyl adjacent to an activating group) is 1. The Morgan fingerprint density at radius 3 is 2.42 bits per heavy atom. The monoisotopic (exact) mass is 273 g/mol. The van der Waals surface area contributed by atoms with E-state index in [-0.39, 0.29) is 0 Å². The molecule has 2 rings (SSSR count). The minimum Gasteiger partial charge on any atom is -0.310 e. The molecule has 0 spiro atoms. The summed E-state index contributed by atoms with van der Waals surface area (Å²) in [4.78, 5) is 0. The third kappa shape index (κ3) is 4.19. The Bertz CT molecular complexity index is 459. The Balaban J connectivity index is 2.09. The lowest BCUT2D eigenvalue weighted by atomic mass is 9.98. The van der Waals surface area contributed by atoms with Crippen LogP contribution in [0.25, 0.3) is 0 Å². The number of aryl methyl sites for hydroxylation is 1. The van der Waals surface area contributed by atoms with Crippen LogP contribution in [0.3, 0.4) is 0 Å². The Kier molecular flexibility index (Phi) is 5.62. The quantitative estimate of drug-likeness (QED) is 0.777. The van der Waals surface area contributed by atoms with Gasteiger partial charge in [-0.3, -0.25) is 0 Å². The van der Waals surface area contributed by atoms with Crippen molar-refractivity contribution in [1.82, 2.24) is 5.32 Å². The first-order chi connectivity index (χ1) is 9.33. The van der Waals surface area contributed by atoms with E-state index in [1.165, 1.54) is 29.5 Å². The molecule has 1 heterocycles. The molecule has 2 aromatic rings. The summed E-state index contributed by atoms with van der Waals surface area (Å²) in [6.45, 7) is 5.41. The topological polar surface area (TPSA) is 12.0 Å². The molecule has 0 saturated heterocycles. The molecule has 0 amide bonds. The van der Waals surface area contributed by atoms with Gasteiger partial charge in [0.2, 0.25) is 0 Å². The largest absolute Gasteiger partial charge is 0.310 e. The number of hydrogen-bond donors (Lipinski definition) is 1. The summed E-state index contributed by atoms with van der Waals surface area (Å²) in [5.41, 5.74) is 4.26. The zero-order chi connectivity index (χ0) is 13.5. The lowest BCUT2D eigenvalue weighted by molar-refractivity contribution is 0.550. The van der Waals surface area contributed by atoms with Crippen molar-refractivity contribution in [1.29, 1.82) is 0 Å². The highest BCUT2D eigenvalue weighted by molar-refractivity contribution is 7.07. The molecule has 1 aromatic heterocycles. The van der Waals surface area contributed by atoms with Gasteiger partial charge in [-0.2, -0.15) is 11.3 Å². The molecule has 0 aliphatic carbocycles. The molecular formula is C17H23NS. The first-order valence-corrected chi connectivity index (χ1v) is 8.11. The second-order valence-corrected chi connectivity index (χ2v) is 5.72. The Morgan fingerprint density at radius 2 is 1.84 bits per heavy atom. The highest BCUT2D eigenvalue weighted by Gasteiger charge is 2.11. The maximum atomic E-state index is 3.59. The predicted molar refractivity (Wildman–Crippen MR) is 84.9 cm³/mol. The van der Waals surface area contributed by atoms with Crippen molar-refractivity contribution in [3.8, 4) is 0 Å². The van der Waals surface area contributed by atoms with Crippen molar-refractivity contribution < 1.29 is 0 Å². The Labute approximate surface area is 120 Å². The summed E-state index contributed by atoms with van der Waals surface area (Å²) >= 11 is 1.78. The van der Waals surface area contributed by atoms with E-state index in [9.17, 15) is 0 Å². The molecule has 0 aliphatic rings. The van der Waals surface area contributed by atoms with Crippen molar-refractivity contribution in [2.75, 3.05) is 6.54 Å². The van der Waals surface area contributed by atoms with Gasteiger partial charge in [0.25, 0.3) is 0 Å². The summed E-state index contributed by atoms with van der Waals surface area (Å²) in [6.07, 6.45) is 3.46. The summed E-state index contributed by atoms with van der Waals surface area (Å²) in [7, 11) is 0. The third-order valence-electron chi connectivity index (χ3n) is 3.39. The smallest absolute Gasteiger partial charge is 0.0361 e. The van der Waals surface area contributed by atoms with Crippen LogP contribution < -0.4 is 5.32 Å². The number of hydrogen-bond acceptors (Lipinski definition) is 2. The van der Waals surface area contributed by atoms with Gasteiger partial charge in [0, 0.05) is 6.04 Å². The predicted octanol–water partition coefficient (Wildman–Crippen LogP) is 4.59. The van der Waals surface area contributed by atoms with E-state index in [4.69, 9.17) is 0 Å². The fraction of sp³-hybridized carbons (Fsp3) is 0.412. The molecule has 19 heavy (non-hydrogen) atoms. The summed E-state index contributed by atoms with van der Waals surface area (Å²) in [6, 6.07) is 11.8. The molecule has 1 aromatic carbocycles. The van der Waals surface area contributed by atoms with Crippen LogP contribution in [0.15, 0.2) is 41.1 Å². The maximum Gasteiger partial charge on any atom is 0.0361 e. The molecule has 0 bridgehead atoms. The van der Waals surface area contributed by atoms with E-state index in [1.807, 2.05) is 0 Å². The zero-order valence-corrected chi connectivity index (χ0v) is 12.7. The zero-order valence-electron chi connectivity index (χ0n) is 11.9. The highest BCUT2D eigenvalue weighted by Crippen LogP contribution is 2.20. The summed E-state index contributed by atoms with van der Waals surface area (Å²) in [5, 5.41) is 7.99. The van der Waals surface area contributed by atoms with Gasteiger partial charge in [-0.15, -0.1) is 0 Å². The first-order valence-electron chi connectivity index (χ1n) is 7.16. The van der Waals surface area contributed by atoms with Crippen LogP contribution in [-0.2, 0) is 12.8 Å². The fourth-order valence-electron chi connectivity index (χ4n) is 2.40. The van der Waals surface area contributed by atoms with Crippen molar-refractivity contribution in [3.63, 3.8) is 0 Å². The molecular weight excluding hydrogens is 250 g/mol. The lowest BCUT2D eigenvalue weighted by Crippen LogP contribution is -2.22. The van der Waals surface area contributed by atoms with Crippen LogP contribution in [0.2, 0.25) is 0 Å². The van der Waals surface area contributed by atoms with Crippen LogP contribution in [0.5, 0.6) is 0 Å². The second-order valence-electron chi connectivity index (χ2n) is 4.94. The van der Waals surface area contributed by atoms with Crippen LogP contribution >= 0.6 is 11.3 Å². The fourth-order valence-corrected chi connectivity index (χ4v) is 3.09. The first kappa shape index (κ1) is 14.3. The van der Waals surface area contributed by atoms with Gasteiger partial charge in [0.05, 0.1) is 0 Å². The van der Waals surface area contributed by atoms with E-state index in [0.717, 1.165) is 13.0 Å².